The molecule has 12 heteroatoms. The topological polar surface area (TPSA) is 73.0 Å². The first-order valence-corrected chi connectivity index (χ1v) is 11.8. The van der Waals surface area contributed by atoms with Crippen molar-refractivity contribution in [2.75, 3.05) is 0 Å². The van der Waals surface area contributed by atoms with Crippen LogP contribution in [0.1, 0.15) is 22.4 Å². The summed E-state index contributed by atoms with van der Waals surface area (Å²) in [7, 11) is 1.78. The maximum Gasteiger partial charge on any atom is 0.416 e. The largest absolute Gasteiger partial charge is 0.416 e. The number of carbonyl (C=O) groups excluding carboxylic acids is 2. The molecule has 3 heterocycles. The number of nitrogens with zero attached hydrogens (tertiary/aromatic N) is 5. The Bertz CT molecular complexity index is 1540. The van der Waals surface area contributed by atoms with Crippen molar-refractivity contribution in [2.45, 2.75) is 19.3 Å². The summed E-state index contributed by atoms with van der Waals surface area (Å²) >= 11 is 6.63. The lowest BCUT2D eigenvalue weighted by molar-refractivity contribution is -0.138. The van der Waals surface area contributed by atoms with E-state index in [2.05, 4.69) is 10.1 Å². The predicted octanol–water partition coefficient (Wildman–Crippen LogP) is 5.73. The van der Waals surface area contributed by atoms with Crippen molar-refractivity contribution in [3.05, 3.63) is 87.4 Å². The fourth-order valence-corrected chi connectivity index (χ4v) is 4.93. The molecule has 2 amide bonds. The second kappa shape index (κ2) is 9.14. The molecule has 184 valence electrons. The molecule has 0 aliphatic carbocycles. The van der Waals surface area contributed by atoms with Gasteiger partial charge in [0.25, 0.3) is 11.1 Å². The average Bonchev–Trinajstić information content (AvgIpc) is 3.48. The number of halogens is 4. The lowest BCUT2D eigenvalue weighted by Crippen LogP contribution is -2.28. The Morgan fingerprint density at radius 3 is 2.61 bits per heavy atom. The van der Waals surface area contributed by atoms with Crippen molar-refractivity contribution in [3.8, 4) is 0 Å². The van der Waals surface area contributed by atoms with Crippen LogP contribution >= 0.6 is 23.4 Å². The van der Waals surface area contributed by atoms with E-state index in [9.17, 15) is 22.8 Å². The van der Waals surface area contributed by atoms with Crippen LogP contribution in [-0.2, 0) is 31.1 Å². The Hall–Kier alpha value is -3.57. The van der Waals surface area contributed by atoms with Gasteiger partial charge in [-0.3, -0.25) is 19.2 Å². The van der Waals surface area contributed by atoms with E-state index in [1.807, 2.05) is 0 Å². The standard InChI is InChI=1S/C24H17ClF3N5O2S/c1-31-13-29-10-18(31)12-32-22(34)21(36-23(32)35)7-14-2-5-20-16(6-14)9-30-33(20)11-15-3-4-17(25)8-19(15)24(26,27)28/h2-10,13H,11-12H2,1H3/b21-7-. The Kier molecular flexibility index (Phi) is 6.13. The molecule has 0 saturated carbocycles. The molecular weight excluding hydrogens is 515 g/mol. The number of hydrogen-bond donors (Lipinski definition) is 0. The summed E-state index contributed by atoms with van der Waals surface area (Å²) in [5.41, 5.74) is 1.25. The highest BCUT2D eigenvalue weighted by Crippen LogP contribution is 2.35. The number of imide groups is 1. The van der Waals surface area contributed by atoms with Crippen LogP contribution in [-0.4, -0.2) is 35.4 Å². The number of alkyl halides is 3. The zero-order chi connectivity index (χ0) is 25.6. The van der Waals surface area contributed by atoms with E-state index in [4.69, 9.17) is 11.6 Å². The van der Waals surface area contributed by atoms with Crippen LogP contribution in [0.2, 0.25) is 5.02 Å². The zero-order valence-corrected chi connectivity index (χ0v) is 20.2. The number of benzene rings is 2. The van der Waals surface area contributed by atoms with Crippen molar-refractivity contribution in [1.82, 2.24) is 24.2 Å². The Morgan fingerprint density at radius 1 is 1.08 bits per heavy atom. The van der Waals surface area contributed by atoms with Gasteiger partial charge in [-0.25, -0.2) is 4.98 Å². The average molecular weight is 532 g/mol. The molecule has 7 nitrogen and oxygen atoms in total. The maximum absolute atomic E-state index is 13.5. The number of thioether (sulfide) groups is 1. The van der Waals surface area contributed by atoms with Crippen molar-refractivity contribution < 1.29 is 22.8 Å². The molecule has 2 aromatic carbocycles. The van der Waals surface area contributed by atoms with Crippen LogP contribution in [0.15, 0.2) is 60.0 Å². The van der Waals surface area contributed by atoms with Crippen LogP contribution in [0.5, 0.6) is 0 Å². The van der Waals surface area contributed by atoms with E-state index in [-0.39, 0.29) is 33.8 Å². The molecule has 1 aliphatic rings. The monoisotopic (exact) mass is 531 g/mol. The third-order valence-electron chi connectivity index (χ3n) is 5.77. The van der Waals surface area contributed by atoms with E-state index in [0.29, 0.717) is 16.5 Å². The number of aryl methyl sites for hydroxylation is 1. The minimum absolute atomic E-state index is 0.00535. The highest BCUT2D eigenvalue weighted by atomic mass is 35.5. The van der Waals surface area contributed by atoms with Gasteiger partial charge in [0.1, 0.15) is 0 Å². The van der Waals surface area contributed by atoms with Crippen LogP contribution in [0.3, 0.4) is 0 Å². The lowest BCUT2D eigenvalue weighted by atomic mass is 10.1. The summed E-state index contributed by atoms with van der Waals surface area (Å²) < 4.78 is 43.6. The van der Waals surface area contributed by atoms with Crippen molar-refractivity contribution in [2.24, 2.45) is 7.05 Å². The molecule has 1 aliphatic heterocycles. The van der Waals surface area contributed by atoms with Crippen LogP contribution in [0.25, 0.3) is 17.0 Å². The summed E-state index contributed by atoms with van der Waals surface area (Å²) in [5, 5.41) is 4.57. The summed E-state index contributed by atoms with van der Waals surface area (Å²) in [5.74, 6) is -0.399. The van der Waals surface area contributed by atoms with E-state index in [0.717, 1.165) is 28.4 Å². The number of carbonyl (C=O) groups is 2. The SMILES string of the molecule is Cn1cncc1CN1C(=O)S/C(=C\c2ccc3c(cnn3Cc3ccc(Cl)cc3C(F)(F)F)c2)C1=O. The maximum atomic E-state index is 13.5. The fourth-order valence-electron chi connectivity index (χ4n) is 3.92. The van der Waals surface area contributed by atoms with Gasteiger partial charge >= 0.3 is 6.18 Å². The molecule has 5 rings (SSSR count). The number of rotatable bonds is 5. The summed E-state index contributed by atoms with van der Waals surface area (Å²) in [6.45, 7) is 0.0245. The van der Waals surface area contributed by atoms with Crippen molar-refractivity contribution in [3.63, 3.8) is 0 Å². The molecule has 0 radical (unpaired) electrons. The smallest absolute Gasteiger partial charge is 0.336 e. The quantitative estimate of drug-likeness (QED) is 0.308. The third kappa shape index (κ3) is 4.63. The van der Waals surface area contributed by atoms with E-state index in [1.54, 1.807) is 54.6 Å². The van der Waals surface area contributed by atoms with Gasteiger partial charge in [-0.2, -0.15) is 18.3 Å². The van der Waals surface area contributed by atoms with Gasteiger partial charge in [-0.05, 0) is 53.2 Å². The number of imidazole rings is 1. The molecule has 36 heavy (non-hydrogen) atoms. The van der Waals surface area contributed by atoms with Crippen LogP contribution < -0.4 is 0 Å². The van der Waals surface area contributed by atoms with Crippen molar-refractivity contribution >= 4 is 51.5 Å². The second-order valence-corrected chi connectivity index (χ2v) is 9.61. The molecule has 0 atom stereocenters. The molecular formula is C24H17ClF3N5O2S. The molecule has 0 spiro atoms. The summed E-state index contributed by atoms with van der Waals surface area (Å²) in [4.78, 5) is 30.7. The number of hydrogen-bond acceptors (Lipinski definition) is 5. The first kappa shape index (κ1) is 24.1. The molecule has 4 aromatic rings. The zero-order valence-electron chi connectivity index (χ0n) is 18.7. The van der Waals surface area contributed by atoms with Gasteiger partial charge in [-0.1, -0.05) is 23.7 Å². The highest BCUT2D eigenvalue weighted by molar-refractivity contribution is 8.18. The van der Waals surface area contributed by atoms with E-state index in [1.165, 1.54) is 16.8 Å². The minimum atomic E-state index is -4.55. The first-order valence-electron chi connectivity index (χ1n) is 10.6. The first-order chi connectivity index (χ1) is 17.1. The lowest BCUT2D eigenvalue weighted by Gasteiger charge is -2.14. The van der Waals surface area contributed by atoms with Crippen LogP contribution in [0.4, 0.5) is 18.0 Å². The highest BCUT2D eigenvalue weighted by Gasteiger charge is 2.36. The second-order valence-electron chi connectivity index (χ2n) is 8.18. The summed E-state index contributed by atoms with van der Waals surface area (Å²) in [6, 6.07) is 8.87. The normalized spacial score (nSPS) is 15.6. The molecule has 0 bridgehead atoms. The molecule has 0 unspecified atom stereocenters. The fraction of sp³-hybridized carbons (Fsp3) is 0.167. The van der Waals surface area contributed by atoms with E-state index < -0.39 is 17.6 Å². The van der Waals surface area contributed by atoms with Gasteiger partial charge in [-0.15, -0.1) is 0 Å². The van der Waals surface area contributed by atoms with E-state index >= 15 is 0 Å². The minimum Gasteiger partial charge on any atom is -0.336 e. The molecule has 1 fully saturated rings. The van der Waals surface area contributed by atoms with Crippen LogP contribution in [0, 0.1) is 0 Å². The predicted molar refractivity (Wildman–Crippen MR) is 130 cm³/mol. The van der Waals surface area contributed by atoms with Gasteiger partial charge in [0.2, 0.25) is 0 Å². The Labute approximate surface area is 212 Å². The van der Waals surface area contributed by atoms with Gasteiger partial charge in [0, 0.05) is 23.7 Å². The Morgan fingerprint density at radius 2 is 1.89 bits per heavy atom. The summed E-state index contributed by atoms with van der Waals surface area (Å²) in [6.07, 6.45) is 1.81. The third-order valence-corrected chi connectivity index (χ3v) is 6.91. The molecule has 0 N–H and O–H groups in total. The molecule has 1 saturated heterocycles. The Balaban J connectivity index is 1.39. The number of fused-ring (bicyclic) bond motifs is 1. The number of amides is 2. The van der Waals surface area contributed by atoms with Gasteiger partial charge in [0.05, 0.1) is 47.3 Å². The van der Waals surface area contributed by atoms with Crippen molar-refractivity contribution in [1.29, 1.82) is 0 Å². The molecule has 2 aromatic heterocycles. The van der Waals surface area contributed by atoms with Gasteiger partial charge < -0.3 is 4.57 Å². The van der Waals surface area contributed by atoms with Gasteiger partial charge in [0.15, 0.2) is 0 Å². The number of aromatic nitrogens is 4.